The molecule has 5 nitrogen and oxygen atoms in total. The van der Waals surface area contributed by atoms with Gasteiger partial charge in [-0.1, -0.05) is 0 Å². The van der Waals surface area contributed by atoms with Crippen LogP contribution in [0.3, 0.4) is 0 Å². The molecule has 0 aliphatic heterocycles. The predicted molar refractivity (Wildman–Crippen MR) is 60.8 cm³/mol. The Hall–Kier alpha value is -2.05. The number of rotatable bonds is 4. The lowest BCUT2D eigenvalue weighted by Crippen LogP contribution is -2.35. The second-order valence-corrected chi connectivity index (χ2v) is 4.56. The minimum Gasteiger partial charge on any atom is -0.478 e. The molecule has 2 rings (SSSR count). The average Bonchev–Trinajstić information content (AvgIpc) is 3.15. The first-order chi connectivity index (χ1) is 8.90. The monoisotopic (exact) mass is 270 g/mol. The second kappa shape index (κ2) is 4.91. The van der Waals surface area contributed by atoms with Crippen LogP contribution in [0.25, 0.3) is 0 Å². The lowest BCUT2D eigenvalue weighted by molar-refractivity contribution is 0.0688. The van der Waals surface area contributed by atoms with E-state index in [4.69, 9.17) is 5.11 Å². The summed E-state index contributed by atoms with van der Waals surface area (Å²) in [4.78, 5) is 25.9. The van der Waals surface area contributed by atoms with Gasteiger partial charge in [-0.15, -0.1) is 0 Å². The molecule has 1 aliphatic carbocycles. The van der Waals surface area contributed by atoms with E-state index >= 15 is 0 Å². The Balaban J connectivity index is 2.28. The van der Waals surface area contributed by atoms with Gasteiger partial charge in [0.05, 0.1) is 5.56 Å². The van der Waals surface area contributed by atoms with Gasteiger partial charge in [0.25, 0.3) is 5.91 Å². The van der Waals surface area contributed by atoms with Crippen molar-refractivity contribution in [2.24, 2.45) is 5.92 Å². The third kappa shape index (κ3) is 2.86. The molecule has 1 atom stereocenters. The van der Waals surface area contributed by atoms with E-state index in [0.717, 1.165) is 12.8 Å². The highest BCUT2D eigenvalue weighted by atomic mass is 19.2. The van der Waals surface area contributed by atoms with Crippen LogP contribution in [0.1, 0.15) is 40.6 Å². The van der Waals surface area contributed by atoms with E-state index in [0.29, 0.717) is 12.0 Å². The Morgan fingerprint density at radius 3 is 2.63 bits per heavy atom. The molecule has 1 fully saturated rings. The summed E-state index contributed by atoms with van der Waals surface area (Å²) in [6, 6.07) is 0.311. The maximum Gasteiger partial charge on any atom is 0.338 e. The minimum absolute atomic E-state index is 0.149. The van der Waals surface area contributed by atoms with Crippen molar-refractivity contribution < 1.29 is 23.5 Å². The van der Waals surface area contributed by atoms with Crippen molar-refractivity contribution in [3.05, 3.63) is 29.1 Å². The molecule has 0 spiro atoms. The van der Waals surface area contributed by atoms with Crippen molar-refractivity contribution in [2.45, 2.75) is 25.8 Å². The molecule has 1 saturated carbocycles. The number of nitrogens with zero attached hydrogens (tertiary/aromatic N) is 1. The molecule has 1 aromatic rings. The Labute approximate surface area is 107 Å². The lowest BCUT2D eigenvalue weighted by atomic mass is 10.1. The predicted octanol–water partition coefficient (Wildman–Crippen LogP) is 1.59. The largest absolute Gasteiger partial charge is 0.478 e. The topological polar surface area (TPSA) is 79.3 Å². The molecule has 1 aliphatic rings. The van der Waals surface area contributed by atoms with E-state index in [9.17, 15) is 18.4 Å². The van der Waals surface area contributed by atoms with E-state index in [1.54, 1.807) is 6.92 Å². The third-order valence-electron chi connectivity index (χ3n) is 3.07. The number of halogens is 2. The van der Waals surface area contributed by atoms with Crippen LogP contribution in [0.2, 0.25) is 0 Å². The Bertz CT molecular complexity index is 544. The van der Waals surface area contributed by atoms with Crippen molar-refractivity contribution in [1.82, 2.24) is 10.3 Å². The summed E-state index contributed by atoms with van der Waals surface area (Å²) in [6.45, 7) is 1.77. The van der Waals surface area contributed by atoms with Crippen molar-refractivity contribution in [2.75, 3.05) is 0 Å². The summed E-state index contributed by atoms with van der Waals surface area (Å²) in [5, 5.41) is 11.4. The van der Waals surface area contributed by atoms with Crippen molar-refractivity contribution in [3.63, 3.8) is 0 Å². The SMILES string of the molecule is CC(NC(=O)c1nc(F)c(F)cc1C(=O)O)C1CC1. The summed E-state index contributed by atoms with van der Waals surface area (Å²) in [7, 11) is 0. The fraction of sp³-hybridized carbons (Fsp3) is 0.417. The molecule has 0 radical (unpaired) electrons. The molecule has 1 amide bonds. The second-order valence-electron chi connectivity index (χ2n) is 4.56. The number of carbonyl (C=O) groups is 2. The smallest absolute Gasteiger partial charge is 0.338 e. The molecule has 1 unspecified atom stereocenters. The third-order valence-corrected chi connectivity index (χ3v) is 3.07. The highest BCUT2D eigenvalue weighted by Crippen LogP contribution is 2.32. The van der Waals surface area contributed by atoms with Gasteiger partial charge in [-0.3, -0.25) is 4.79 Å². The number of nitrogens with one attached hydrogen (secondary N) is 1. The van der Waals surface area contributed by atoms with E-state index in [1.165, 1.54) is 0 Å². The summed E-state index contributed by atoms with van der Waals surface area (Å²) in [5.74, 6) is -4.88. The van der Waals surface area contributed by atoms with Gasteiger partial charge in [-0.2, -0.15) is 4.39 Å². The van der Waals surface area contributed by atoms with E-state index in [-0.39, 0.29) is 6.04 Å². The molecular weight excluding hydrogens is 258 g/mol. The number of hydrogen-bond donors (Lipinski definition) is 2. The highest BCUT2D eigenvalue weighted by molar-refractivity contribution is 6.03. The first-order valence-corrected chi connectivity index (χ1v) is 5.80. The molecule has 19 heavy (non-hydrogen) atoms. The van der Waals surface area contributed by atoms with Gasteiger partial charge < -0.3 is 10.4 Å². The number of aromatic nitrogens is 1. The zero-order valence-electron chi connectivity index (χ0n) is 10.1. The molecule has 0 bridgehead atoms. The fourth-order valence-corrected chi connectivity index (χ4v) is 1.79. The first-order valence-electron chi connectivity index (χ1n) is 5.80. The van der Waals surface area contributed by atoms with Crippen molar-refractivity contribution in [1.29, 1.82) is 0 Å². The van der Waals surface area contributed by atoms with Crippen LogP contribution in [-0.2, 0) is 0 Å². The maximum absolute atomic E-state index is 13.0. The van der Waals surface area contributed by atoms with Crippen LogP contribution in [0.5, 0.6) is 0 Å². The standard InChI is InChI=1S/C12H12F2N2O3/c1-5(6-2-3-6)15-11(17)9-7(12(18)19)4-8(13)10(14)16-9/h4-6H,2-3H2,1H3,(H,15,17)(H,18,19). The number of carboxylic acid groups (broad SMARTS) is 1. The van der Waals surface area contributed by atoms with Crippen LogP contribution >= 0.6 is 0 Å². The van der Waals surface area contributed by atoms with Crippen molar-refractivity contribution in [3.8, 4) is 0 Å². The summed E-state index contributed by atoms with van der Waals surface area (Å²) >= 11 is 0. The molecule has 1 heterocycles. The van der Waals surface area contributed by atoms with Gasteiger partial charge in [0, 0.05) is 6.04 Å². The van der Waals surface area contributed by atoms with Gasteiger partial charge in [0.1, 0.15) is 5.69 Å². The van der Waals surface area contributed by atoms with E-state index < -0.39 is 34.9 Å². The van der Waals surface area contributed by atoms with Crippen LogP contribution in [-0.4, -0.2) is 28.0 Å². The van der Waals surface area contributed by atoms with E-state index in [2.05, 4.69) is 10.3 Å². The summed E-state index contributed by atoms with van der Waals surface area (Å²) in [5.41, 5.74) is -1.27. The van der Waals surface area contributed by atoms with Crippen LogP contribution in [0, 0.1) is 17.7 Å². The molecular formula is C12H12F2N2O3. The Morgan fingerprint density at radius 1 is 1.47 bits per heavy atom. The number of carboxylic acids is 1. The molecule has 102 valence electrons. The molecule has 0 aromatic carbocycles. The molecule has 1 aromatic heterocycles. The summed E-state index contributed by atoms with van der Waals surface area (Å²) < 4.78 is 26.0. The Morgan fingerprint density at radius 2 is 2.11 bits per heavy atom. The highest BCUT2D eigenvalue weighted by Gasteiger charge is 2.30. The van der Waals surface area contributed by atoms with Gasteiger partial charge in [0.2, 0.25) is 5.95 Å². The van der Waals surface area contributed by atoms with Gasteiger partial charge in [-0.25, -0.2) is 14.2 Å². The van der Waals surface area contributed by atoms with E-state index in [1.807, 2.05) is 0 Å². The normalized spacial score (nSPS) is 15.9. The number of aromatic carboxylic acids is 1. The fourth-order valence-electron chi connectivity index (χ4n) is 1.79. The molecule has 0 saturated heterocycles. The molecule has 7 heteroatoms. The van der Waals surface area contributed by atoms with Crippen LogP contribution in [0.15, 0.2) is 6.07 Å². The zero-order valence-corrected chi connectivity index (χ0v) is 10.1. The number of carbonyl (C=O) groups excluding carboxylic acids is 1. The number of amides is 1. The van der Waals surface area contributed by atoms with Gasteiger partial charge in [0.15, 0.2) is 5.82 Å². The number of hydrogen-bond acceptors (Lipinski definition) is 3. The van der Waals surface area contributed by atoms with Crippen LogP contribution in [0.4, 0.5) is 8.78 Å². The lowest BCUT2D eigenvalue weighted by Gasteiger charge is -2.13. The summed E-state index contributed by atoms with van der Waals surface area (Å²) in [6.07, 6.45) is 1.97. The van der Waals surface area contributed by atoms with Gasteiger partial charge >= 0.3 is 5.97 Å². The quantitative estimate of drug-likeness (QED) is 0.814. The van der Waals surface area contributed by atoms with Crippen molar-refractivity contribution >= 4 is 11.9 Å². The Kier molecular flexibility index (Phi) is 3.46. The maximum atomic E-state index is 13.0. The minimum atomic E-state index is -1.53. The molecule has 2 N–H and O–H groups in total. The number of pyridine rings is 1. The first kappa shape index (κ1) is 13.4. The van der Waals surface area contributed by atoms with Crippen LogP contribution < -0.4 is 5.32 Å². The van der Waals surface area contributed by atoms with Gasteiger partial charge in [-0.05, 0) is 31.7 Å². The average molecular weight is 270 g/mol. The zero-order chi connectivity index (χ0) is 14.2.